The molecule has 0 aliphatic carbocycles. The number of rotatable bonds is 0. The molecule has 2 aromatic rings. The highest BCUT2D eigenvalue weighted by Gasteiger charge is 2.05. The third kappa shape index (κ3) is 2.48. The van der Waals surface area contributed by atoms with E-state index < -0.39 is 0 Å². The highest BCUT2D eigenvalue weighted by Crippen LogP contribution is 2.17. The van der Waals surface area contributed by atoms with Crippen LogP contribution in [-0.2, 0) is 0 Å². The Hall–Kier alpha value is 0.350. The summed E-state index contributed by atoms with van der Waals surface area (Å²) in [6, 6.07) is 3.54. The summed E-state index contributed by atoms with van der Waals surface area (Å²) in [4.78, 5) is 4.25. The van der Waals surface area contributed by atoms with Gasteiger partial charge in [0.2, 0.25) is 0 Å². The molecule has 0 aromatic carbocycles. The molecule has 0 unspecified atom stereocenters. The zero-order valence-electron chi connectivity index (χ0n) is 7.07. The van der Waals surface area contributed by atoms with Crippen LogP contribution in [0, 0.1) is 6.92 Å². The smallest absolute Gasteiger partial charge is 0.155 e. The van der Waals surface area contributed by atoms with E-state index in [0.29, 0.717) is 5.15 Å². The number of hydrogen-bond donors (Lipinski definition) is 0. The second-order valence-corrected chi connectivity index (χ2v) is 3.55. The minimum atomic E-state index is 0. The van der Waals surface area contributed by atoms with E-state index in [0.717, 1.165) is 15.9 Å². The van der Waals surface area contributed by atoms with Crippen molar-refractivity contribution in [3.05, 3.63) is 27.6 Å². The number of imidazole rings is 1. The molecule has 7 heteroatoms. The molecular weight excluding hydrogens is 401 g/mol. The topological polar surface area (TPSA) is 30.2 Å². The minimum Gasteiger partial charge on any atom is -0.231 e. The average molecular weight is 408 g/mol. The Morgan fingerprint density at radius 2 is 2.00 bits per heavy atom. The van der Waals surface area contributed by atoms with Crippen molar-refractivity contribution in [1.29, 1.82) is 0 Å². The largest absolute Gasteiger partial charge is 0.231 e. The van der Waals surface area contributed by atoms with E-state index >= 15 is 0 Å². The normalized spacial score (nSPS) is 9.36. The number of nitrogens with zero attached hydrogens (tertiary/aromatic N) is 3. The van der Waals surface area contributed by atoms with Gasteiger partial charge in [-0.15, -0.1) is 34.0 Å². The molecule has 0 amide bonds. The van der Waals surface area contributed by atoms with E-state index in [2.05, 4.69) is 26.0 Å². The lowest BCUT2D eigenvalue weighted by Gasteiger charge is -1.93. The first-order valence-corrected chi connectivity index (χ1v) is 4.53. The van der Waals surface area contributed by atoms with E-state index in [9.17, 15) is 0 Å². The van der Waals surface area contributed by atoms with Gasteiger partial charge in [-0.1, -0.05) is 11.6 Å². The van der Waals surface area contributed by atoms with Crippen LogP contribution in [0.4, 0.5) is 0 Å². The molecule has 78 valence electrons. The van der Waals surface area contributed by atoms with Crippen molar-refractivity contribution in [3.8, 4) is 0 Å². The molecule has 0 N–H and O–H groups in total. The molecule has 14 heavy (non-hydrogen) atoms. The van der Waals surface area contributed by atoms with Crippen LogP contribution in [0.3, 0.4) is 0 Å². The second-order valence-electron chi connectivity index (χ2n) is 2.41. The van der Waals surface area contributed by atoms with Gasteiger partial charge in [-0.25, -0.2) is 9.50 Å². The Balaban J connectivity index is 0.000000845. The lowest BCUT2D eigenvalue weighted by Crippen LogP contribution is -1.90. The number of aromatic nitrogens is 3. The highest BCUT2D eigenvalue weighted by molar-refractivity contribution is 9.10. The first kappa shape index (κ1) is 14.3. The van der Waals surface area contributed by atoms with Crippen molar-refractivity contribution in [1.82, 2.24) is 14.6 Å². The lowest BCUT2D eigenvalue weighted by atomic mass is 10.6. The van der Waals surface area contributed by atoms with E-state index in [-0.39, 0.29) is 34.0 Å². The highest BCUT2D eigenvalue weighted by atomic mass is 79.9. The maximum Gasteiger partial charge on any atom is 0.155 e. The van der Waals surface area contributed by atoms with Crippen LogP contribution in [0.15, 0.2) is 16.7 Å². The molecular formula is C7H7Br3ClN3. The summed E-state index contributed by atoms with van der Waals surface area (Å²) in [5, 5.41) is 4.53. The van der Waals surface area contributed by atoms with Gasteiger partial charge < -0.3 is 0 Å². The lowest BCUT2D eigenvalue weighted by molar-refractivity contribution is 0.913. The maximum atomic E-state index is 5.72. The van der Waals surface area contributed by atoms with Gasteiger partial charge in [-0.3, -0.25) is 0 Å². The molecule has 0 aliphatic rings. The second kappa shape index (κ2) is 5.44. The van der Waals surface area contributed by atoms with Gasteiger partial charge in [0.15, 0.2) is 5.65 Å². The number of aryl methyl sites for hydroxylation is 1. The summed E-state index contributed by atoms with van der Waals surface area (Å²) in [5.41, 5.74) is 1.70. The minimum absolute atomic E-state index is 0. The summed E-state index contributed by atoms with van der Waals surface area (Å²) in [6.45, 7) is 1.91. The van der Waals surface area contributed by atoms with Gasteiger partial charge in [0.1, 0.15) is 9.76 Å². The van der Waals surface area contributed by atoms with E-state index in [1.54, 1.807) is 10.6 Å². The monoisotopic (exact) mass is 405 g/mol. The van der Waals surface area contributed by atoms with Crippen molar-refractivity contribution in [2.45, 2.75) is 6.92 Å². The van der Waals surface area contributed by atoms with Gasteiger partial charge in [-0.05, 0) is 35.0 Å². The van der Waals surface area contributed by atoms with E-state index in [1.165, 1.54) is 0 Å². The molecule has 0 atom stereocenters. The molecule has 0 radical (unpaired) electrons. The van der Waals surface area contributed by atoms with Gasteiger partial charge in [0.05, 0.1) is 5.69 Å². The van der Waals surface area contributed by atoms with Crippen LogP contribution in [0.25, 0.3) is 5.65 Å². The van der Waals surface area contributed by atoms with Gasteiger partial charge in [0, 0.05) is 0 Å². The van der Waals surface area contributed by atoms with Crippen molar-refractivity contribution >= 4 is 67.1 Å². The van der Waals surface area contributed by atoms with E-state index in [4.69, 9.17) is 11.6 Å². The molecule has 2 aromatic heterocycles. The van der Waals surface area contributed by atoms with Crippen LogP contribution < -0.4 is 0 Å². The fourth-order valence-electron chi connectivity index (χ4n) is 0.994. The first-order valence-electron chi connectivity index (χ1n) is 3.36. The van der Waals surface area contributed by atoms with Crippen LogP contribution in [0.2, 0.25) is 5.15 Å². The van der Waals surface area contributed by atoms with Crippen molar-refractivity contribution in [3.63, 3.8) is 0 Å². The van der Waals surface area contributed by atoms with Crippen molar-refractivity contribution in [2.75, 3.05) is 0 Å². The molecule has 0 spiro atoms. The standard InChI is InChI=1S/C7H5BrClN3.2BrH/c1-4-7(8)12-6(10-4)3-2-5(9)11-12;;/h2-3H,1H3;2*1H. The van der Waals surface area contributed by atoms with Crippen LogP contribution >= 0.6 is 61.5 Å². The predicted molar refractivity (Wildman–Crippen MR) is 71.1 cm³/mol. The third-order valence-electron chi connectivity index (χ3n) is 1.55. The van der Waals surface area contributed by atoms with Crippen molar-refractivity contribution in [2.24, 2.45) is 0 Å². The van der Waals surface area contributed by atoms with Gasteiger partial charge in [0.25, 0.3) is 0 Å². The number of halogens is 4. The Morgan fingerprint density at radius 1 is 1.36 bits per heavy atom. The predicted octanol–water partition coefficient (Wildman–Crippen LogP) is 3.61. The van der Waals surface area contributed by atoms with Crippen LogP contribution in [-0.4, -0.2) is 14.6 Å². The van der Waals surface area contributed by atoms with Gasteiger partial charge >= 0.3 is 0 Å². The molecule has 0 fully saturated rings. The van der Waals surface area contributed by atoms with Crippen molar-refractivity contribution < 1.29 is 0 Å². The summed E-state index contributed by atoms with van der Waals surface area (Å²) in [5.74, 6) is 0. The summed E-state index contributed by atoms with van der Waals surface area (Å²) in [6.07, 6.45) is 0. The molecule has 2 rings (SSSR count). The quantitative estimate of drug-likeness (QED) is 0.667. The first-order chi connectivity index (χ1) is 5.68. The summed E-state index contributed by atoms with van der Waals surface area (Å²) >= 11 is 9.08. The zero-order chi connectivity index (χ0) is 8.72. The summed E-state index contributed by atoms with van der Waals surface area (Å²) in [7, 11) is 0. The SMILES string of the molecule is Br.Br.Cc1nc2ccc(Cl)nn2c1Br. The Bertz CT molecular complexity index is 443. The fraction of sp³-hybridized carbons (Fsp3) is 0.143. The van der Waals surface area contributed by atoms with E-state index in [1.807, 2.05) is 13.0 Å². The zero-order valence-corrected chi connectivity index (χ0v) is 12.8. The number of hydrogen-bond acceptors (Lipinski definition) is 2. The molecule has 0 saturated heterocycles. The third-order valence-corrected chi connectivity index (χ3v) is 2.66. The Kier molecular flexibility index (Phi) is 5.57. The molecule has 2 heterocycles. The molecule has 3 nitrogen and oxygen atoms in total. The molecule has 0 bridgehead atoms. The fourth-order valence-corrected chi connectivity index (χ4v) is 1.48. The molecule has 0 saturated carbocycles. The van der Waals surface area contributed by atoms with Gasteiger partial charge in [-0.2, -0.15) is 5.10 Å². The Morgan fingerprint density at radius 3 is 2.64 bits per heavy atom. The average Bonchev–Trinajstić information content (AvgIpc) is 2.31. The maximum absolute atomic E-state index is 5.72. The number of fused-ring (bicyclic) bond motifs is 1. The molecule has 0 aliphatic heterocycles. The van der Waals surface area contributed by atoms with Crippen LogP contribution in [0.1, 0.15) is 5.69 Å². The Labute approximate surface area is 116 Å². The van der Waals surface area contributed by atoms with Crippen LogP contribution in [0.5, 0.6) is 0 Å². The summed E-state index contributed by atoms with van der Waals surface area (Å²) < 4.78 is 2.51.